The molecule has 6 nitrogen and oxygen atoms in total. The topological polar surface area (TPSA) is 90.0 Å². The minimum absolute atomic E-state index is 0.113. The number of thiophene rings is 1. The van der Waals surface area contributed by atoms with Gasteiger partial charge in [0.15, 0.2) is 5.16 Å². The summed E-state index contributed by atoms with van der Waals surface area (Å²) in [6, 6.07) is 9.66. The van der Waals surface area contributed by atoms with Gasteiger partial charge in [0.2, 0.25) is 5.91 Å². The van der Waals surface area contributed by atoms with Gasteiger partial charge >= 0.3 is 0 Å². The number of benzene rings is 1. The van der Waals surface area contributed by atoms with Crippen molar-refractivity contribution in [3.05, 3.63) is 46.1 Å². The summed E-state index contributed by atoms with van der Waals surface area (Å²) >= 11 is 2.57. The summed E-state index contributed by atoms with van der Waals surface area (Å²) in [6.45, 7) is 4.17. The van der Waals surface area contributed by atoms with E-state index >= 15 is 0 Å². The largest absolute Gasteiger partial charge is 0.355 e. The molecule has 3 N–H and O–H groups in total. The van der Waals surface area contributed by atoms with E-state index in [0.29, 0.717) is 21.9 Å². The fraction of sp³-hybridized carbons (Fsp3) is 0.235. The smallest absolute Gasteiger partial charge is 0.282 e. The summed E-state index contributed by atoms with van der Waals surface area (Å²) < 4.78 is 1.03. The molecule has 0 saturated heterocycles. The molecule has 0 radical (unpaired) electrons. The number of hydrogen-bond donors (Lipinski definition) is 2. The lowest BCUT2D eigenvalue weighted by Gasteiger charge is -2.12. The second-order valence-corrected chi connectivity index (χ2v) is 7.59. The van der Waals surface area contributed by atoms with Crippen LogP contribution in [-0.2, 0) is 4.79 Å². The minimum Gasteiger partial charge on any atom is -0.355 e. The number of rotatable bonds is 5. The molecule has 0 spiro atoms. The van der Waals surface area contributed by atoms with Crippen LogP contribution < -0.4 is 16.7 Å². The Bertz CT molecular complexity index is 966. The summed E-state index contributed by atoms with van der Waals surface area (Å²) in [6.07, 6.45) is 0. The molecule has 2 heterocycles. The molecular formula is C17H18N4O2S2. The SMILES string of the molecule is CCNC(=O)[C@H](C)Sc1nc2scc(-c3ccccc3)c2c(=O)n1N. The highest BCUT2D eigenvalue weighted by Crippen LogP contribution is 2.32. The molecule has 1 amide bonds. The molecule has 0 aliphatic carbocycles. The lowest BCUT2D eigenvalue weighted by atomic mass is 10.1. The predicted octanol–water partition coefficient (Wildman–Crippen LogP) is 2.46. The molecule has 0 fully saturated rings. The molecule has 3 aromatic rings. The van der Waals surface area contributed by atoms with Gasteiger partial charge in [-0.05, 0) is 19.4 Å². The zero-order valence-electron chi connectivity index (χ0n) is 13.9. The second kappa shape index (κ2) is 7.28. The van der Waals surface area contributed by atoms with Crippen LogP contribution in [0.2, 0.25) is 0 Å². The lowest BCUT2D eigenvalue weighted by Crippen LogP contribution is -2.33. The van der Waals surface area contributed by atoms with Gasteiger partial charge in [-0.1, -0.05) is 42.1 Å². The number of nitrogens with one attached hydrogen (secondary N) is 1. The summed E-state index contributed by atoms with van der Waals surface area (Å²) in [7, 11) is 0. The molecule has 0 aliphatic rings. The van der Waals surface area contributed by atoms with Crippen molar-refractivity contribution in [1.29, 1.82) is 0 Å². The van der Waals surface area contributed by atoms with Crippen LogP contribution in [-0.4, -0.2) is 27.4 Å². The highest BCUT2D eigenvalue weighted by molar-refractivity contribution is 8.00. The Morgan fingerprint density at radius 1 is 1.40 bits per heavy atom. The van der Waals surface area contributed by atoms with Gasteiger partial charge in [-0.3, -0.25) is 9.59 Å². The fourth-order valence-corrected chi connectivity index (χ4v) is 4.27. The molecule has 1 atom stereocenters. The van der Waals surface area contributed by atoms with E-state index in [2.05, 4.69) is 10.3 Å². The Morgan fingerprint density at radius 2 is 2.12 bits per heavy atom. The molecular weight excluding hydrogens is 356 g/mol. The van der Waals surface area contributed by atoms with Crippen LogP contribution in [0.25, 0.3) is 21.3 Å². The average molecular weight is 374 g/mol. The van der Waals surface area contributed by atoms with Gasteiger partial charge < -0.3 is 11.2 Å². The van der Waals surface area contributed by atoms with Crippen molar-refractivity contribution < 1.29 is 4.79 Å². The number of amides is 1. The first-order valence-electron chi connectivity index (χ1n) is 7.82. The van der Waals surface area contributed by atoms with E-state index in [1.54, 1.807) is 6.92 Å². The van der Waals surface area contributed by atoms with Gasteiger partial charge in [-0.2, -0.15) is 0 Å². The molecule has 25 heavy (non-hydrogen) atoms. The Balaban J connectivity index is 2.03. The van der Waals surface area contributed by atoms with Gasteiger partial charge in [0.05, 0.1) is 10.6 Å². The zero-order chi connectivity index (χ0) is 18.0. The number of aromatic nitrogens is 2. The molecule has 3 rings (SSSR count). The normalized spacial score (nSPS) is 12.2. The van der Waals surface area contributed by atoms with Crippen LogP contribution in [0.5, 0.6) is 0 Å². The van der Waals surface area contributed by atoms with Gasteiger partial charge in [0, 0.05) is 17.5 Å². The van der Waals surface area contributed by atoms with Crippen LogP contribution in [0, 0.1) is 0 Å². The monoisotopic (exact) mass is 374 g/mol. The first-order chi connectivity index (χ1) is 12.0. The highest BCUT2D eigenvalue weighted by atomic mass is 32.2. The minimum atomic E-state index is -0.396. The maximum atomic E-state index is 12.8. The lowest BCUT2D eigenvalue weighted by molar-refractivity contribution is -0.120. The van der Waals surface area contributed by atoms with Crippen molar-refractivity contribution >= 4 is 39.2 Å². The Morgan fingerprint density at radius 3 is 2.80 bits per heavy atom. The molecule has 0 unspecified atom stereocenters. The highest BCUT2D eigenvalue weighted by Gasteiger charge is 2.20. The van der Waals surface area contributed by atoms with Gasteiger partial charge in [0.1, 0.15) is 4.83 Å². The number of nitrogens with zero attached hydrogens (tertiary/aromatic N) is 2. The third-order valence-corrected chi connectivity index (χ3v) is 5.63. The number of nitrogen functional groups attached to an aromatic ring is 1. The Labute approximate surface area is 153 Å². The van der Waals surface area contributed by atoms with Crippen molar-refractivity contribution in [1.82, 2.24) is 15.0 Å². The second-order valence-electron chi connectivity index (χ2n) is 5.42. The molecule has 0 bridgehead atoms. The quantitative estimate of drug-likeness (QED) is 0.407. The van der Waals surface area contributed by atoms with E-state index in [1.807, 2.05) is 42.6 Å². The Kier molecular flexibility index (Phi) is 5.10. The predicted molar refractivity (Wildman–Crippen MR) is 103 cm³/mol. The number of carbonyl (C=O) groups is 1. The molecule has 2 aromatic heterocycles. The number of thioether (sulfide) groups is 1. The van der Waals surface area contributed by atoms with Crippen molar-refractivity contribution in [3.8, 4) is 11.1 Å². The van der Waals surface area contributed by atoms with Crippen LogP contribution in [0.1, 0.15) is 13.8 Å². The van der Waals surface area contributed by atoms with Crippen molar-refractivity contribution in [2.45, 2.75) is 24.3 Å². The average Bonchev–Trinajstić information content (AvgIpc) is 3.04. The van der Waals surface area contributed by atoms with Gasteiger partial charge in [0.25, 0.3) is 5.56 Å². The first-order valence-corrected chi connectivity index (χ1v) is 9.58. The van der Waals surface area contributed by atoms with E-state index in [-0.39, 0.29) is 11.5 Å². The molecule has 8 heteroatoms. The van der Waals surface area contributed by atoms with Crippen LogP contribution >= 0.6 is 23.1 Å². The standard InChI is InChI=1S/C17H18N4O2S2/c1-3-19-14(22)10(2)25-17-20-15-13(16(23)21(17)18)12(9-24-15)11-7-5-4-6-8-11/h4-10H,3,18H2,1-2H3,(H,19,22)/t10-/m0/s1. The number of nitrogens with two attached hydrogens (primary N) is 1. The zero-order valence-corrected chi connectivity index (χ0v) is 15.5. The van der Waals surface area contributed by atoms with Gasteiger partial charge in [-0.15, -0.1) is 11.3 Å². The first kappa shape index (κ1) is 17.5. The summed E-state index contributed by atoms with van der Waals surface area (Å²) in [4.78, 5) is 29.8. The molecule has 0 saturated carbocycles. The summed E-state index contributed by atoms with van der Waals surface area (Å²) in [5.74, 6) is 5.86. The molecule has 0 aliphatic heterocycles. The van der Waals surface area contributed by atoms with Crippen LogP contribution in [0.4, 0.5) is 0 Å². The van der Waals surface area contributed by atoms with Crippen molar-refractivity contribution in [2.24, 2.45) is 0 Å². The van der Waals surface area contributed by atoms with E-state index in [1.165, 1.54) is 23.1 Å². The maximum Gasteiger partial charge on any atom is 0.282 e. The molecule has 1 aromatic carbocycles. The number of carbonyl (C=O) groups excluding carboxylic acids is 1. The van der Waals surface area contributed by atoms with Gasteiger partial charge in [-0.25, -0.2) is 9.66 Å². The van der Waals surface area contributed by atoms with Crippen LogP contribution in [0.3, 0.4) is 0 Å². The van der Waals surface area contributed by atoms with E-state index < -0.39 is 5.25 Å². The van der Waals surface area contributed by atoms with E-state index in [0.717, 1.165) is 15.8 Å². The third kappa shape index (κ3) is 3.40. The molecule has 130 valence electrons. The van der Waals surface area contributed by atoms with Crippen molar-refractivity contribution in [2.75, 3.05) is 12.4 Å². The number of hydrogen-bond acceptors (Lipinski definition) is 6. The maximum absolute atomic E-state index is 12.8. The van der Waals surface area contributed by atoms with E-state index in [4.69, 9.17) is 5.84 Å². The summed E-state index contributed by atoms with van der Waals surface area (Å²) in [5.41, 5.74) is 1.46. The Hall–Kier alpha value is -2.32. The fourth-order valence-electron chi connectivity index (χ4n) is 2.43. The van der Waals surface area contributed by atoms with Crippen molar-refractivity contribution in [3.63, 3.8) is 0 Å². The summed E-state index contributed by atoms with van der Waals surface area (Å²) in [5, 5.41) is 5.11. The van der Waals surface area contributed by atoms with E-state index in [9.17, 15) is 9.59 Å². The van der Waals surface area contributed by atoms with Crippen LogP contribution in [0.15, 0.2) is 45.7 Å². The third-order valence-electron chi connectivity index (χ3n) is 3.69. The number of fused-ring (bicyclic) bond motifs is 1.